The van der Waals surface area contributed by atoms with E-state index in [1.54, 1.807) is 24.9 Å². The molecule has 3 heteroatoms. The van der Waals surface area contributed by atoms with Crippen LogP contribution in [0.5, 0.6) is 11.5 Å². The van der Waals surface area contributed by atoms with Gasteiger partial charge in [-0.15, -0.1) is 0 Å². The van der Waals surface area contributed by atoms with Gasteiger partial charge in [-0.25, -0.2) is 0 Å². The summed E-state index contributed by atoms with van der Waals surface area (Å²) in [6.45, 7) is 0. The Labute approximate surface area is 98.9 Å². The number of ether oxygens (including phenoxy) is 1. The third kappa shape index (κ3) is 2.49. The van der Waals surface area contributed by atoms with Gasteiger partial charge in [0.2, 0.25) is 0 Å². The van der Waals surface area contributed by atoms with E-state index >= 15 is 0 Å². The van der Waals surface area contributed by atoms with Gasteiger partial charge in [0.1, 0.15) is 0 Å². The summed E-state index contributed by atoms with van der Waals surface area (Å²) < 4.78 is 5.06. The average Bonchev–Trinajstić information content (AvgIpc) is 2.33. The summed E-state index contributed by atoms with van der Waals surface area (Å²) in [4.78, 5) is 2.20. The lowest BCUT2D eigenvalue weighted by molar-refractivity contribution is 0.372. The summed E-state index contributed by atoms with van der Waals surface area (Å²) in [7, 11) is 1.55. The second kappa shape index (κ2) is 4.94. The topological polar surface area (TPSA) is 29.5 Å². The Morgan fingerprint density at radius 2 is 1.75 bits per heavy atom. The van der Waals surface area contributed by atoms with Crippen LogP contribution in [-0.4, -0.2) is 12.2 Å². The average molecular weight is 232 g/mol. The number of benzene rings is 2. The van der Waals surface area contributed by atoms with Crippen LogP contribution in [0.25, 0.3) is 0 Å². The van der Waals surface area contributed by atoms with E-state index < -0.39 is 0 Å². The maximum Gasteiger partial charge on any atom is 0.161 e. The molecule has 82 valence electrons. The molecule has 0 amide bonds. The van der Waals surface area contributed by atoms with Crippen LogP contribution in [0, 0.1) is 0 Å². The number of rotatable bonds is 3. The summed E-state index contributed by atoms with van der Waals surface area (Å²) in [5.41, 5.74) is 0. The third-order valence-corrected chi connectivity index (χ3v) is 3.13. The molecule has 2 aromatic carbocycles. The molecule has 0 bridgehead atoms. The first-order chi connectivity index (χ1) is 7.79. The predicted molar refractivity (Wildman–Crippen MR) is 65.2 cm³/mol. The number of hydrogen-bond donors (Lipinski definition) is 1. The van der Waals surface area contributed by atoms with E-state index in [9.17, 15) is 5.11 Å². The van der Waals surface area contributed by atoms with Gasteiger partial charge >= 0.3 is 0 Å². The molecule has 0 aliphatic carbocycles. The molecule has 16 heavy (non-hydrogen) atoms. The molecule has 0 unspecified atom stereocenters. The Kier molecular flexibility index (Phi) is 3.37. The van der Waals surface area contributed by atoms with Crippen molar-refractivity contribution >= 4 is 11.8 Å². The Morgan fingerprint density at radius 1 is 1.00 bits per heavy atom. The summed E-state index contributed by atoms with van der Waals surface area (Å²) in [6.07, 6.45) is 0. The summed E-state index contributed by atoms with van der Waals surface area (Å²) in [5.74, 6) is 0.667. The van der Waals surface area contributed by atoms with Gasteiger partial charge in [-0.1, -0.05) is 30.0 Å². The number of aromatic hydroxyl groups is 1. The third-order valence-electron chi connectivity index (χ3n) is 2.13. The van der Waals surface area contributed by atoms with Gasteiger partial charge < -0.3 is 9.84 Å². The Balaban J connectivity index is 2.22. The quantitative estimate of drug-likeness (QED) is 0.877. The van der Waals surface area contributed by atoms with Crippen LogP contribution in [0.3, 0.4) is 0 Å². The minimum atomic E-state index is 0.167. The molecule has 0 aliphatic rings. The number of hydrogen-bond acceptors (Lipinski definition) is 3. The molecule has 2 aromatic rings. The van der Waals surface area contributed by atoms with Crippen molar-refractivity contribution < 1.29 is 9.84 Å². The number of phenolic OH excluding ortho intramolecular Hbond substituents is 1. The van der Waals surface area contributed by atoms with Gasteiger partial charge in [-0.3, -0.25) is 0 Å². The lowest BCUT2D eigenvalue weighted by Gasteiger charge is -2.06. The van der Waals surface area contributed by atoms with E-state index in [-0.39, 0.29) is 5.75 Å². The standard InChI is InChI=1S/C13H12O2S/c1-15-13-9-11(7-8-12(13)14)16-10-5-3-2-4-6-10/h2-9,14H,1H3. The van der Waals surface area contributed by atoms with E-state index in [2.05, 4.69) is 0 Å². The van der Waals surface area contributed by atoms with Gasteiger partial charge in [0, 0.05) is 9.79 Å². The molecular weight excluding hydrogens is 220 g/mol. The van der Waals surface area contributed by atoms with Gasteiger partial charge in [0.05, 0.1) is 7.11 Å². The van der Waals surface area contributed by atoms with Crippen molar-refractivity contribution in [1.82, 2.24) is 0 Å². The first-order valence-electron chi connectivity index (χ1n) is 4.89. The first kappa shape index (κ1) is 10.9. The Bertz CT molecular complexity index is 469. The second-order valence-electron chi connectivity index (χ2n) is 3.25. The Hall–Kier alpha value is -1.61. The molecular formula is C13H12O2S. The van der Waals surface area contributed by atoms with Gasteiger partial charge in [0.15, 0.2) is 11.5 Å². The highest BCUT2D eigenvalue weighted by atomic mass is 32.2. The van der Waals surface area contributed by atoms with Crippen LogP contribution < -0.4 is 4.74 Å². The first-order valence-corrected chi connectivity index (χ1v) is 5.71. The monoisotopic (exact) mass is 232 g/mol. The van der Waals surface area contributed by atoms with E-state index in [4.69, 9.17) is 4.74 Å². The molecule has 1 N–H and O–H groups in total. The normalized spacial score (nSPS) is 10.1. The highest BCUT2D eigenvalue weighted by Crippen LogP contribution is 2.34. The van der Waals surface area contributed by atoms with Crippen molar-refractivity contribution in [3.05, 3.63) is 48.5 Å². The van der Waals surface area contributed by atoms with Crippen LogP contribution in [-0.2, 0) is 0 Å². The van der Waals surface area contributed by atoms with Crippen molar-refractivity contribution in [1.29, 1.82) is 0 Å². The molecule has 2 nitrogen and oxygen atoms in total. The molecule has 0 saturated heterocycles. The van der Waals surface area contributed by atoms with Gasteiger partial charge in [0.25, 0.3) is 0 Å². The van der Waals surface area contributed by atoms with Crippen LogP contribution >= 0.6 is 11.8 Å². The van der Waals surface area contributed by atoms with Crippen molar-refractivity contribution in [3.63, 3.8) is 0 Å². The fraction of sp³-hybridized carbons (Fsp3) is 0.0769. The zero-order valence-corrected chi connectivity index (χ0v) is 9.70. The molecule has 2 rings (SSSR count). The zero-order valence-electron chi connectivity index (χ0n) is 8.88. The van der Waals surface area contributed by atoms with Crippen molar-refractivity contribution in [2.45, 2.75) is 9.79 Å². The maximum absolute atomic E-state index is 9.47. The largest absolute Gasteiger partial charge is 0.504 e. The van der Waals surface area contributed by atoms with Crippen LogP contribution in [0.2, 0.25) is 0 Å². The lowest BCUT2D eigenvalue weighted by atomic mass is 10.3. The molecule has 0 fully saturated rings. The van der Waals surface area contributed by atoms with E-state index in [1.807, 2.05) is 42.5 Å². The van der Waals surface area contributed by atoms with Crippen molar-refractivity contribution in [2.75, 3.05) is 7.11 Å². The molecule has 0 aliphatic heterocycles. The smallest absolute Gasteiger partial charge is 0.161 e. The van der Waals surface area contributed by atoms with Crippen molar-refractivity contribution in [3.8, 4) is 11.5 Å². The summed E-state index contributed by atoms with van der Waals surface area (Å²) in [6, 6.07) is 15.4. The summed E-state index contributed by atoms with van der Waals surface area (Å²) >= 11 is 1.63. The fourth-order valence-corrected chi connectivity index (χ4v) is 2.21. The lowest BCUT2D eigenvalue weighted by Crippen LogP contribution is -1.83. The molecule has 0 saturated carbocycles. The molecule has 0 heterocycles. The van der Waals surface area contributed by atoms with Crippen LogP contribution in [0.1, 0.15) is 0 Å². The number of phenols is 1. The highest BCUT2D eigenvalue weighted by molar-refractivity contribution is 7.99. The molecule has 0 spiro atoms. The predicted octanol–water partition coefficient (Wildman–Crippen LogP) is 3.55. The Morgan fingerprint density at radius 3 is 2.44 bits per heavy atom. The molecule has 0 aromatic heterocycles. The van der Waals surface area contributed by atoms with Gasteiger partial charge in [-0.2, -0.15) is 0 Å². The minimum Gasteiger partial charge on any atom is -0.504 e. The fourth-order valence-electron chi connectivity index (χ4n) is 1.35. The molecule has 0 atom stereocenters. The van der Waals surface area contributed by atoms with E-state index in [0.29, 0.717) is 5.75 Å². The number of methoxy groups -OCH3 is 1. The zero-order chi connectivity index (χ0) is 11.4. The SMILES string of the molecule is COc1cc(Sc2ccccc2)ccc1O. The van der Waals surface area contributed by atoms with Crippen molar-refractivity contribution in [2.24, 2.45) is 0 Å². The maximum atomic E-state index is 9.47. The van der Waals surface area contributed by atoms with E-state index in [0.717, 1.165) is 9.79 Å². The van der Waals surface area contributed by atoms with Crippen LogP contribution in [0.15, 0.2) is 58.3 Å². The summed E-state index contributed by atoms with van der Waals surface area (Å²) in [5, 5.41) is 9.47. The van der Waals surface area contributed by atoms with E-state index in [1.165, 1.54) is 0 Å². The minimum absolute atomic E-state index is 0.167. The molecule has 0 radical (unpaired) electrons. The van der Waals surface area contributed by atoms with Crippen LogP contribution in [0.4, 0.5) is 0 Å². The highest BCUT2D eigenvalue weighted by Gasteiger charge is 2.03. The second-order valence-corrected chi connectivity index (χ2v) is 4.40. The van der Waals surface area contributed by atoms with Gasteiger partial charge in [-0.05, 0) is 30.3 Å².